The Hall–Kier alpha value is -1.09. The van der Waals surface area contributed by atoms with Gasteiger partial charge < -0.3 is 10.2 Å². The fraction of sp³-hybridized carbons (Fsp3) is 0.667. The summed E-state index contributed by atoms with van der Waals surface area (Å²) in [6, 6.07) is 2.26. The molecule has 0 amide bonds. The van der Waals surface area contributed by atoms with Gasteiger partial charge in [-0.15, -0.1) is 0 Å². The number of rotatable bonds is 4. The average molecular weight is 247 g/mol. The lowest BCUT2D eigenvalue weighted by atomic mass is 10.0. The van der Waals surface area contributed by atoms with Gasteiger partial charge in [0.05, 0.1) is 0 Å². The smallest absolute Gasteiger partial charge is 0.131 e. The van der Waals surface area contributed by atoms with E-state index in [4.69, 9.17) is 4.98 Å². The molecule has 1 N–H and O–H groups in total. The second kappa shape index (κ2) is 5.27. The van der Waals surface area contributed by atoms with Crippen molar-refractivity contribution in [3.05, 3.63) is 23.4 Å². The minimum Gasteiger partial charge on any atom is -0.351 e. The Morgan fingerprint density at radius 1 is 1.44 bits per heavy atom. The molecule has 1 aromatic heterocycles. The van der Waals surface area contributed by atoms with E-state index in [9.17, 15) is 0 Å². The van der Waals surface area contributed by atoms with E-state index in [2.05, 4.69) is 44.0 Å². The largest absolute Gasteiger partial charge is 0.351 e. The summed E-state index contributed by atoms with van der Waals surface area (Å²) in [6.07, 6.45) is 4.54. The van der Waals surface area contributed by atoms with Gasteiger partial charge in [0.25, 0.3) is 0 Å². The second-order valence-electron chi connectivity index (χ2n) is 5.83. The molecule has 1 saturated heterocycles. The summed E-state index contributed by atoms with van der Waals surface area (Å²) >= 11 is 0. The van der Waals surface area contributed by atoms with Gasteiger partial charge >= 0.3 is 0 Å². The lowest BCUT2D eigenvalue weighted by Gasteiger charge is -2.33. The van der Waals surface area contributed by atoms with Crippen LogP contribution in [-0.2, 0) is 6.54 Å². The highest BCUT2D eigenvalue weighted by molar-refractivity contribution is 5.50. The number of nitrogens with zero attached hydrogens (tertiary/aromatic N) is 2. The van der Waals surface area contributed by atoms with Crippen molar-refractivity contribution in [1.82, 2.24) is 10.3 Å². The molecule has 0 bridgehead atoms. The van der Waals surface area contributed by atoms with Gasteiger partial charge in [0.1, 0.15) is 5.82 Å². The normalized spacial score (nSPS) is 18.3. The topological polar surface area (TPSA) is 28.2 Å². The van der Waals surface area contributed by atoms with Crippen LogP contribution >= 0.6 is 0 Å². The summed E-state index contributed by atoms with van der Waals surface area (Å²) in [5.41, 5.74) is 2.82. The highest BCUT2D eigenvalue weighted by Crippen LogP contribution is 2.34. The van der Waals surface area contributed by atoms with E-state index < -0.39 is 0 Å². The number of aryl methyl sites for hydroxylation is 1. The lowest BCUT2D eigenvalue weighted by Crippen LogP contribution is -2.39. The summed E-state index contributed by atoms with van der Waals surface area (Å²) in [4.78, 5) is 7.15. The van der Waals surface area contributed by atoms with Crippen molar-refractivity contribution >= 4 is 5.82 Å². The third-order valence-electron chi connectivity index (χ3n) is 3.84. The summed E-state index contributed by atoms with van der Waals surface area (Å²) in [7, 11) is 0. The molecule has 0 aromatic carbocycles. The zero-order valence-electron chi connectivity index (χ0n) is 12.1. The van der Waals surface area contributed by atoms with Crippen LogP contribution in [0, 0.1) is 6.92 Å². The summed E-state index contributed by atoms with van der Waals surface area (Å²) < 4.78 is 0. The van der Waals surface area contributed by atoms with E-state index >= 15 is 0 Å². The van der Waals surface area contributed by atoms with Gasteiger partial charge in [-0.1, -0.05) is 6.92 Å². The molecule has 2 rings (SSSR count). The maximum atomic E-state index is 4.69. The van der Waals surface area contributed by atoms with Crippen LogP contribution in [0.2, 0.25) is 0 Å². The Morgan fingerprint density at radius 2 is 2.22 bits per heavy atom. The van der Waals surface area contributed by atoms with E-state index in [-0.39, 0.29) is 5.54 Å². The van der Waals surface area contributed by atoms with E-state index in [0.29, 0.717) is 0 Å². The van der Waals surface area contributed by atoms with E-state index in [1.54, 1.807) is 0 Å². The number of anilines is 1. The van der Waals surface area contributed by atoms with Crippen LogP contribution in [0.5, 0.6) is 0 Å². The third-order valence-corrected chi connectivity index (χ3v) is 3.84. The minimum absolute atomic E-state index is 0.251. The molecule has 0 radical (unpaired) electrons. The van der Waals surface area contributed by atoms with Crippen molar-refractivity contribution < 1.29 is 0 Å². The molecule has 100 valence electrons. The summed E-state index contributed by atoms with van der Waals surface area (Å²) in [5, 5.41) is 3.34. The Balaban J connectivity index is 2.19. The molecule has 0 unspecified atom stereocenters. The second-order valence-corrected chi connectivity index (χ2v) is 5.83. The molecule has 1 aliphatic heterocycles. The Labute approximate surface area is 111 Å². The molecule has 3 heteroatoms. The van der Waals surface area contributed by atoms with Gasteiger partial charge in [-0.3, -0.25) is 0 Å². The van der Waals surface area contributed by atoms with Crippen LogP contribution in [0.15, 0.2) is 12.3 Å². The van der Waals surface area contributed by atoms with Gasteiger partial charge in [0.2, 0.25) is 0 Å². The molecule has 1 aliphatic rings. The van der Waals surface area contributed by atoms with Crippen molar-refractivity contribution in [3.8, 4) is 0 Å². The van der Waals surface area contributed by atoms with Crippen LogP contribution in [0.25, 0.3) is 0 Å². The number of hydrogen-bond donors (Lipinski definition) is 1. The molecule has 2 heterocycles. The van der Waals surface area contributed by atoms with Gasteiger partial charge in [-0.25, -0.2) is 4.98 Å². The predicted octanol–water partition coefficient (Wildman–Crippen LogP) is 2.88. The average Bonchev–Trinajstić information content (AvgIpc) is 2.66. The Morgan fingerprint density at radius 3 is 2.78 bits per heavy atom. The van der Waals surface area contributed by atoms with Gasteiger partial charge in [0.15, 0.2) is 0 Å². The lowest BCUT2D eigenvalue weighted by molar-refractivity contribution is 0.513. The van der Waals surface area contributed by atoms with Crippen LogP contribution in [0.1, 0.15) is 44.7 Å². The molecule has 0 spiro atoms. The fourth-order valence-corrected chi connectivity index (χ4v) is 2.77. The first-order valence-electron chi connectivity index (χ1n) is 6.98. The first kappa shape index (κ1) is 13.3. The van der Waals surface area contributed by atoms with Gasteiger partial charge in [-0.2, -0.15) is 0 Å². The number of nitrogens with one attached hydrogen (secondary N) is 1. The fourth-order valence-electron chi connectivity index (χ4n) is 2.77. The van der Waals surface area contributed by atoms with Gasteiger partial charge in [-0.05, 0) is 57.4 Å². The molecule has 3 nitrogen and oxygen atoms in total. The first-order chi connectivity index (χ1) is 8.54. The van der Waals surface area contributed by atoms with Crippen molar-refractivity contribution in [2.45, 2.75) is 52.6 Å². The van der Waals surface area contributed by atoms with E-state index in [0.717, 1.165) is 25.5 Å². The zero-order valence-corrected chi connectivity index (χ0v) is 12.1. The quantitative estimate of drug-likeness (QED) is 0.886. The highest BCUT2D eigenvalue weighted by Gasteiger charge is 2.33. The molecule has 0 saturated carbocycles. The standard InChI is InChI=1S/C15H25N3/c1-5-16-10-13-9-12(2)14(17-11-13)18-8-6-7-15(18,3)4/h9,11,16H,5-8,10H2,1-4H3. The van der Waals surface area contributed by atoms with E-state index in [1.807, 2.05) is 6.20 Å². The monoisotopic (exact) mass is 247 g/mol. The van der Waals surface area contributed by atoms with Crippen molar-refractivity contribution in [3.63, 3.8) is 0 Å². The predicted molar refractivity (Wildman–Crippen MR) is 77.0 cm³/mol. The highest BCUT2D eigenvalue weighted by atomic mass is 15.3. The third kappa shape index (κ3) is 2.66. The molecule has 0 atom stereocenters. The SMILES string of the molecule is CCNCc1cnc(N2CCCC2(C)C)c(C)c1. The number of pyridine rings is 1. The van der Waals surface area contributed by atoms with E-state index in [1.165, 1.54) is 24.0 Å². The van der Waals surface area contributed by atoms with Crippen LogP contribution < -0.4 is 10.2 Å². The molecule has 1 aromatic rings. The maximum absolute atomic E-state index is 4.69. The van der Waals surface area contributed by atoms with Crippen molar-refractivity contribution in [2.24, 2.45) is 0 Å². The van der Waals surface area contributed by atoms with Crippen molar-refractivity contribution in [1.29, 1.82) is 0 Å². The molecule has 1 fully saturated rings. The van der Waals surface area contributed by atoms with Crippen molar-refractivity contribution in [2.75, 3.05) is 18.0 Å². The minimum atomic E-state index is 0.251. The molecular formula is C15H25N3. The zero-order chi connectivity index (χ0) is 13.2. The summed E-state index contributed by atoms with van der Waals surface area (Å²) in [6.45, 7) is 12.0. The van der Waals surface area contributed by atoms with Gasteiger partial charge in [0, 0.05) is 24.8 Å². The molecule has 18 heavy (non-hydrogen) atoms. The molecule has 0 aliphatic carbocycles. The maximum Gasteiger partial charge on any atom is 0.131 e. The summed E-state index contributed by atoms with van der Waals surface area (Å²) in [5.74, 6) is 1.16. The van der Waals surface area contributed by atoms with Crippen LogP contribution in [0.4, 0.5) is 5.82 Å². The first-order valence-corrected chi connectivity index (χ1v) is 6.98. The van der Waals surface area contributed by atoms with Crippen LogP contribution in [-0.4, -0.2) is 23.6 Å². The molecular weight excluding hydrogens is 222 g/mol. The van der Waals surface area contributed by atoms with Crippen LogP contribution in [0.3, 0.4) is 0 Å². The Bertz CT molecular complexity index is 412. The number of aromatic nitrogens is 1. The number of hydrogen-bond acceptors (Lipinski definition) is 3. The Kier molecular flexibility index (Phi) is 3.91.